The third-order valence-corrected chi connectivity index (χ3v) is 2.47. The van der Waals surface area contributed by atoms with Crippen LogP contribution in [0, 0.1) is 0 Å². The van der Waals surface area contributed by atoms with E-state index < -0.39 is 0 Å². The number of nitrogens with zero attached hydrogens (tertiary/aromatic N) is 2. The molecular weight excluding hydrogens is 232 g/mol. The van der Waals surface area contributed by atoms with Gasteiger partial charge in [-0.05, 0) is 12.1 Å². The van der Waals surface area contributed by atoms with Crippen molar-refractivity contribution in [3.63, 3.8) is 0 Å². The molecule has 0 amide bonds. The molecule has 1 unspecified atom stereocenters. The summed E-state index contributed by atoms with van der Waals surface area (Å²) >= 11 is 3.22. The highest BCUT2D eigenvalue weighted by Gasteiger charge is 2.09. The summed E-state index contributed by atoms with van der Waals surface area (Å²) in [6, 6.07) is 5.73. The minimum atomic E-state index is -0.313. The van der Waals surface area contributed by atoms with Gasteiger partial charge in [0, 0.05) is 12.4 Å². The van der Waals surface area contributed by atoms with Gasteiger partial charge in [0.25, 0.3) is 0 Å². The van der Waals surface area contributed by atoms with E-state index in [9.17, 15) is 4.79 Å². The van der Waals surface area contributed by atoms with Crippen LogP contribution in [0.15, 0.2) is 30.6 Å². The molecule has 66 valence electrons. The Labute approximate surface area is 83.5 Å². The Hall–Kier alpha value is -1.16. The van der Waals surface area contributed by atoms with Gasteiger partial charge in [-0.3, -0.25) is 0 Å². The number of hydrogen-bond acceptors (Lipinski definition) is 2. The Kier molecular flexibility index (Phi) is 2.14. The zero-order chi connectivity index (χ0) is 9.26. The van der Waals surface area contributed by atoms with Crippen LogP contribution in [0.3, 0.4) is 0 Å². The molecular formula is C9H7BrN2O. The molecule has 0 N–H and O–H groups in total. The van der Waals surface area contributed by atoms with Crippen LogP contribution in [-0.2, 0) is 4.79 Å². The number of alkyl halides is 1. The second-order valence-electron chi connectivity index (χ2n) is 2.67. The fourth-order valence-electron chi connectivity index (χ4n) is 1.16. The van der Waals surface area contributed by atoms with Crippen LogP contribution >= 0.6 is 15.9 Å². The molecule has 0 aromatic carbocycles. The summed E-state index contributed by atoms with van der Waals surface area (Å²) in [7, 11) is 0. The zero-order valence-corrected chi connectivity index (χ0v) is 8.31. The largest absolute Gasteiger partial charge is 0.307 e. The zero-order valence-electron chi connectivity index (χ0n) is 6.72. The third-order valence-electron chi connectivity index (χ3n) is 1.78. The van der Waals surface area contributed by atoms with E-state index in [0.717, 1.165) is 17.6 Å². The Bertz CT molecular complexity index is 405. The molecule has 0 saturated carbocycles. The third kappa shape index (κ3) is 1.49. The monoisotopic (exact) mass is 238 g/mol. The first-order valence-corrected chi connectivity index (χ1v) is 4.76. The van der Waals surface area contributed by atoms with Gasteiger partial charge in [-0.15, -0.1) is 0 Å². The highest BCUT2D eigenvalue weighted by Crippen LogP contribution is 2.19. The van der Waals surface area contributed by atoms with Gasteiger partial charge in [0.15, 0.2) is 0 Å². The first-order chi connectivity index (χ1) is 6.31. The lowest BCUT2D eigenvalue weighted by Gasteiger charge is -1.91. The first kappa shape index (κ1) is 8.44. The number of aldehydes is 1. The number of pyridine rings is 1. The maximum absolute atomic E-state index is 10.5. The molecule has 0 radical (unpaired) electrons. The molecule has 0 bridgehead atoms. The van der Waals surface area contributed by atoms with E-state index in [0.29, 0.717) is 0 Å². The van der Waals surface area contributed by atoms with Gasteiger partial charge in [-0.1, -0.05) is 22.0 Å². The fraction of sp³-hybridized carbons (Fsp3) is 0.111. The van der Waals surface area contributed by atoms with Crippen molar-refractivity contribution in [2.75, 3.05) is 0 Å². The summed E-state index contributed by atoms with van der Waals surface area (Å²) in [5.41, 5.74) is 1.59. The van der Waals surface area contributed by atoms with Gasteiger partial charge < -0.3 is 9.20 Å². The molecule has 0 saturated heterocycles. The summed E-state index contributed by atoms with van der Waals surface area (Å²) in [5.74, 6) is 0. The number of aromatic nitrogens is 2. The van der Waals surface area contributed by atoms with E-state index in [-0.39, 0.29) is 4.83 Å². The van der Waals surface area contributed by atoms with Crippen molar-refractivity contribution in [3.05, 3.63) is 36.3 Å². The summed E-state index contributed by atoms with van der Waals surface area (Å²) in [6.07, 6.45) is 4.56. The number of halogens is 1. The molecule has 3 nitrogen and oxygen atoms in total. The maximum atomic E-state index is 10.5. The van der Waals surface area contributed by atoms with Crippen LogP contribution in [0.1, 0.15) is 10.5 Å². The van der Waals surface area contributed by atoms with E-state index in [2.05, 4.69) is 20.9 Å². The summed E-state index contributed by atoms with van der Waals surface area (Å²) < 4.78 is 1.88. The number of carbonyl (C=O) groups is 1. The summed E-state index contributed by atoms with van der Waals surface area (Å²) in [4.78, 5) is 14.4. The van der Waals surface area contributed by atoms with Gasteiger partial charge in [-0.2, -0.15) is 0 Å². The smallest absolute Gasteiger partial charge is 0.139 e. The quantitative estimate of drug-likeness (QED) is 0.593. The van der Waals surface area contributed by atoms with Crippen molar-refractivity contribution in [3.8, 4) is 0 Å². The molecule has 2 aromatic heterocycles. The summed E-state index contributed by atoms with van der Waals surface area (Å²) in [5, 5.41) is 0. The predicted octanol–water partition coefficient (Wildman–Crippen LogP) is 1.97. The molecule has 4 heteroatoms. The highest BCUT2D eigenvalue weighted by atomic mass is 79.9. The molecule has 2 heterocycles. The molecule has 0 aliphatic rings. The number of rotatable bonds is 2. The van der Waals surface area contributed by atoms with Crippen LogP contribution in [0.4, 0.5) is 0 Å². The minimum absolute atomic E-state index is 0.313. The lowest BCUT2D eigenvalue weighted by Crippen LogP contribution is -1.89. The van der Waals surface area contributed by atoms with Crippen molar-refractivity contribution in [2.45, 2.75) is 4.83 Å². The Morgan fingerprint density at radius 2 is 2.38 bits per heavy atom. The second-order valence-corrected chi connectivity index (χ2v) is 3.66. The van der Waals surface area contributed by atoms with Gasteiger partial charge >= 0.3 is 0 Å². The van der Waals surface area contributed by atoms with Gasteiger partial charge in [0.1, 0.15) is 16.8 Å². The van der Waals surface area contributed by atoms with E-state index in [1.165, 1.54) is 0 Å². The van der Waals surface area contributed by atoms with Crippen molar-refractivity contribution in [1.82, 2.24) is 9.38 Å². The van der Waals surface area contributed by atoms with Crippen LogP contribution in [-0.4, -0.2) is 15.7 Å². The average Bonchev–Trinajstić information content (AvgIpc) is 2.59. The molecule has 13 heavy (non-hydrogen) atoms. The molecule has 2 aromatic rings. The maximum Gasteiger partial charge on any atom is 0.139 e. The van der Waals surface area contributed by atoms with Crippen LogP contribution in [0.2, 0.25) is 0 Å². The highest BCUT2D eigenvalue weighted by molar-refractivity contribution is 9.09. The fourth-order valence-corrected chi connectivity index (χ4v) is 1.38. The summed E-state index contributed by atoms with van der Waals surface area (Å²) in [6.45, 7) is 0. The number of imidazole rings is 1. The van der Waals surface area contributed by atoms with E-state index in [1.807, 2.05) is 35.0 Å². The lowest BCUT2D eigenvalue weighted by molar-refractivity contribution is -0.107. The molecule has 0 aliphatic carbocycles. The molecule has 0 spiro atoms. The van der Waals surface area contributed by atoms with E-state index >= 15 is 0 Å². The van der Waals surface area contributed by atoms with Gasteiger partial charge in [-0.25, -0.2) is 4.98 Å². The van der Waals surface area contributed by atoms with Gasteiger partial charge in [0.2, 0.25) is 0 Å². The Balaban J connectivity index is 2.55. The molecule has 0 fully saturated rings. The Morgan fingerprint density at radius 3 is 3.08 bits per heavy atom. The standard InChI is InChI=1S/C9H7BrN2O/c10-7(6-13)8-5-12-4-2-1-3-9(12)11-8/h1-7H. The normalized spacial score (nSPS) is 13.0. The lowest BCUT2D eigenvalue weighted by atomic mass is 10.4. The minimum Gasteiger partial charge on any atom is -0.307 e. The van der Waals surface area contributed by atoms with Crippen LogP contribution in [0.25, 0.3) is 5.65 Å². The number of fused-ring (bicyclic) bond motifs is 1. The first-order valence-electron chi connectivity index (χ1n) is 3.84. The molecule has 2 rings (SSSR count). The molecule has 0 aliphatic heterocycles. The SMILES string of the molecule is O=CC(Br)c1cn2ccccc2n1. The van der Waals surface area contributed by atoms with E-state index in [1.54, 1.807) is 0 Å². The number of hydrogen-bond donors (Lipinski definition) is 0. The average molecular weight is 239 g/mol. The van der Waals surface area contributed by atoms with Crippen LogP contribution in [0.5, 0.6) is 0 Å². The predicted molar refractivity (Wildman–Crippen MR) is 52.9 cm³/mol. The Morgan fingerprint density at radius 1 is 1.54 bits per heavy atom. The van der Waals surface area contributed by atoms with Crippen LogP contribution < -0.4 is 0 Å². The second kappa shape index (κ2) is 3.30. The number of carbonyl (C=O) groups excluding carboxylic acids is 1. The van der Waals surface area contributed by atoms with E-state index in [4.69, 9.17) is 0 Å². The molecule has 1 atom stereocenters. The van der Waals surface area contributed by atoms with Gasteiger partial charge in [0.05, 0.1) is 5.69 Å². The van der Waals surface area contributed by atoms with Crippen molar-refractivity contribution < 1.29 is 4.79 Å². The van der Waals surface area contributed by atoms with Crippen molar-refractivity contribution in [1.29, 1.82) is 0 Å². The van der Waals surface area contributed by atoms with Crippen molar-refractivity contribution >= 4 is 27.9 Å². The van der Waals surface area contributed by atoms with Crippen molar-refractivity contribution in [2.24, 2.45) is 0 Å². The topological polar surface area (TPSA) is 34.4 Å².